The Kier molecular flexibility index (Phi) is 2.45. The Hall–Kier alpha value is -1.74. The van der Waals surface area contributed by atoms with Crippen LogP contribution in [0.3, 0.4) is 0 Å². The van der Waals surface area contributed by atoms with Gasteiger partial charge in [0, 0.05) is 0 Å². The molecule has 92 valence electrons. The Labute approximate surface area is 109 Å². The zero-order valence-electron chi connectivity index (χ0n) is 11.0. The lowest BCUT2D eigenvalue weighted by Gasteiger charge is -2.40. The van der Waals surface area contributed by atoms with E-state index >= 15 is 0 Å². The van der Waals surface area contributed by atoms with Gasteiger partial charge in [-0.3, -0.25) is 0 Å². The van der Waals surface area contributed by atoms with Gasteiger partial charge >= 0.3 is 0 Å². The zero-order valence-corrected chi connectivity index (χ0v) is 12.0. The van der Waals surface area contributed by atoms with Crippen molar-refractivity contribution in [3.8, 4) is 11.5 Å². The van der Waals surface area contributed by atoms with E-state index in [4.69, 9.17) is 4.74 Å². The smallest absolute Gasteiger partial charge is 0.153 e. The van der Waals surface area contributed by atoms with Gasteiger partial charge in [-0.15, -0.1) is 0 Å². The van der Waals surface area contributed by atoms with Gasteiger partial charge in [-0.1, -0.05) is 43.9 Å². The van der Waals surface area contributed by atoms with E-state index < -0.39 is 8.24 Å². The second-order valence-corrected chi connectivity index (χ2v) is 10.3. The summed E-state index contributed by atoms with van der Waals surface area (Å²) in [7, 11) is -1.51. The molecule has 3 heteroatoms. The molecular formula is C15H17NOSi. The van der Waals surface area contributed by atoms with Crippen LogP contribution in [0.15, 0.2) is 48.5 Å². The number of nitrogens with zero attached hydrogens (tertiary/aromatic N) is 1. The fourth-order valence-corrected chi connectivity index (χ4v) is 4.24. The molecule has 2 nitrogen and oxygen atoms in total. The molecule has 1 aliphatic rings. The van der Waals surface area contributed by atoms with Gasteiger partial charge in [0.25, 0.3) is 0 Å². The molecule has 0 bridgehead atoms. The number of fused-ring (bicyclic) bond motifs is 2. The standard InChI is InChI=1S/C15H17NOSi/c1-18(2,3)16-12-8-4-6-10-14(12)17-15-11-7-5-9-13(15)16/h4-11H,1-3H3. The van der Waals surface area contributed by atoms with E-state index in [1.165, 1.54) is 11.4 Å². The van der Waals surface area contributed by atoms with Gasteiger partial charge in [0.1, 0.15) is 11.5 Å². The minimum absolute atomic E-state index is 0.957. The summed E-state index contributed by atoms with van der Waals surface area (Å²) >= 11 is 0. The lowest BCUT2D eigenvalue weighted by molar-refractivity contribution is 0.477. The highest BCUT2D eigenvalue weighted by molar-refractivity contribution is 6.81. The molecule has 2 aromatic carbocycles. The molecule has 0 unspecified atom stereocenters. The van der Waals surface area contributed by atoms with E-state index in [2.05, 4.69) is 48.5 Å². The lowest BCUT2D eigenvalue weighted by atomic mass is 10.2. The topological polar surface area (TPSA) is 12.5 Å². The van der Waals surface area contributed by atoms with Crippen molar-refractivity contribution in [2.45, 2.75) is 19.6 Å². The van der Waals surface area contributed by atoms with Crippen LogP contribution >= 0.6 is 0 Å². The number of hydrogen-bond donors (Lipinski definition) is 0. The van der Waals surface area contributed by atoms with Crippen LogP contribution in [0.2, 0.25) is 19.6 Å². The van der Waals surface area contributed by atoms with Crippen LogP contribution in [-0.2, 0) is 0 Å². The monoisotopic (exact) mass is 255 g/mol. The largest absolute Gasteiger partial charge is 0.453 e. The van der Waals surface area contributed by atoms with E-state index in [9.17, 15) is 0 Å². The summed E-state index contributed by atoms with van der Waals surface area (Å²) in [5.74, 6) is 1.91. The molecule has 3 rings (SSSR count). The Balaban J connectivity index is 2.24. The Morgan fingerprint density at radius 2 is 1.22 bits per heavy atom. The quantitative estimate of drug-likeness (QED) is 0.681. The van der Waals surface area contributed by atoms with Gasteiger partial charge in [-0.05, 0) is 24.3 Å². The maximum Gasteiger partial charge on any atom is 0.153 e. The fourth-order valence-electron chi connectivity index (χ4n) is 2.43. The van der Waals surface area contributed by atoms with Gasteiger partial charge in [-0.25, -0.2) is 0 Å². The molecule has 0 aromatic heterocycles. The summed E-state index contributed by atoms with van der Waals surface area (Å²) in [6, 6.07) is 16.6. The normalized spacial score (nSPS) is 13.6. The van der Waals surface area contributed by atoms with Crippen LogP contribution in [0.4, 0.5) is 11.4 Å². The lowest BCUT2D eigenvalue weighted by Crippen LogP contribution is -2.43. The number of benzene rings is 2. The second kappa shape index (κ2) is 3.88. The molecule has 2 aromatic rings. The first-order chi connectivity index (χ1) is 8.57. The zero-order chi connectivity index (χ0) is 12.8. The molecule has 0 saturated carbocycles. The Morgan fingerprint density at radius 3 is 1.67 bits per heavy atom. The van der Waals surface area contributed by atoms with Crippen molar-refractivity contribution >= 4 is 19.6 Å². The minimum Gasteiger partial charge on any atom is -0.453 e. The summed E-state index contributed by atoms with van der Waals surface area (Å²) < 4.78 is 8.46. The maximum absolute atomic E-state index is 5.98. The first-order valence-electron chi connectivity index (χ1n) is 6.23. The molecule has 0 spiro atoms. The highest BCUT2D eigenvalue weighted by atomic mass is 28.3. The van der Waals surface area contributed by atoms with Gasteiger partial charge in [0.2, 0.25) is 0 Å². The van der Waals surface area contributed by atoms with E-state index in [0.717, 1.165) is 11.5 Å². The average molecular weight is 255 g/mol. The van der Waals surface area contributed by atoms with Crippen molar-refractivity contribution in [1.82, 2.24) is 0 Å². The van der Waals surface area contributed by atoms with Crippen molar-refractivity contribution in [2.75, 3.05) is 4.57 Å². The van der Waals surface area contributed by atoms with Crippen LogP contribution in [0, 0.1) is 0 Å². The highest BCUT2D eigenvalue weighted by Gasteiger charge is 2.32. The molecule has 0 N–H and O–H groups in total. The van der Waals surface area contributed by atoms with E-state index in [1.54, 1.807) is 0 Å². The van der Waals surface area contributed by atoms with Gasteiger partial charge in [-0.2, -0.15) is 0 Å². The number of ether oxygens (including phenoxy) is 1. The SMILES string of the molecule is C[Si](C)(C)N1c2ccccc2Oc2ccccc21. The van der Waals surface area contributed by atoms with Crippen LogP contribution in [-0.4, -0.2) is 8.24 Å². The van der Waals surface area contributed by atoms with E-state index in [1.807, 2.05) is 24.3 Å². The predicted molar refractivity (Wildman–Crippen MR) is 78.4 cm³/mol. The summed E-state index contributed by atoms with van der Waals surface area (Å²) in [6.45, 7) is 7.06. The van der Waals surface area contributed by atoms with Gasteiger partial charge in [0.05, 0.1) is 11.4 Å². The predicted octanol–water partition coefficient (Wildman–Crippen LogP) is 4.77. The maximum atomic E-state index is 5.98. The van der Waals surface area contributed by atoms with Crippen molar-refractivity contribution in [3.05, 3.63) is 48.5 Å². The molecule has 0 fully saturated rings. The van der Waals surface area contributed by atoms with Crippen molar-refractivity contribution in [3.63, 3.8) is 0 Å². The fraction of sp³-hybridized carbons (Fsp3) is 0.200. The second-order valence-electron chi connectivity index (χ2n) is 5.54. The van der Waals surface area contributed by atoms with Crippen LogP contribution < -0.4 is 9.30 Å². The molecule has 18 heavy (non-hydrogen) atoms. The van der Waals surface area contributed by atoms with E-state index in [-0.39, 0.29) is 0 Å². The van der Waals surface area contributed by atoms with Crippen LogP contribution in [0.1, 0.15) is 0 Å². The highest BCUT2D eigenvalue weighted by Crippen LogP contribution is 2.48. The van der Waals surface area contributed by atoms with E-state index in [0.29, 0.717) is 0 Å². The van der Waals surface area contributed by atoms with Crippen molar-refractivity contribution < 1.29 is 4.74 Å². The van der Waals surface area contributed by atoms with Gasteiger partial charge in [0.15, 0.2) is 8.24 Å². The molecular weight excluding hydrogens is 238 g/mol. The van der Waals surface area contributed by atoms with Crippen molar-refractivity contribution in [2.24, 2.45) is 0 Å². The summed E-state index contributed by atoms with van der Waals surface area (Å²) in [5, 5.41) is 0. The number of rotatable bonds is 1. The van der Waals surface area contributed by atoms with Crippen LogP contribution in [0.25, 0.3) is 0 Å². The molecule has 0 saturated heterocycles. The molecule has 0 amide bonds. The molecule has 0 radical (unpaired) electrons. The third-order valence-corrected chi connectivity index (χ3v) is 4.93. The summed E-state index contributed by atoms with van der Waals surface area (Å²) in [6.07, 6.45) is 0. The summed E-state index contributed by atoms with van der Waals surface area (Å²) in [4.78, 5) is 0. The number of para-hydroxylation sites is 4. The first kappa shape index (κ1) is 11.4. The Morgan fingerprint density at radius 1 is 0.778 bits per heavy atom. The molecule has 1 heterocycles. The number of anilines is 2. The minimum atomic E-state index is -1.51. The Bertz CT molecular complexity index is 544. The average Bonchev–Trinajstić information content (AvgIpc) is 2.34. The number of hydrogen-bond acceptors (Lipinski definition) is 2. The van der Waals surface area contributed by atoms with Crippen LogP contribution in [0.5, 0.6) is 11.5 Å². The van der Waals surface area contributed by atoms with Crippen molar-refractivity contribution in [1.29, 1.82) is 0 Å². The molecule has 1 aliphatic heterocycles. The van der Waals surface area contributed by atoms with Gasteiger partial charge < -0.3 is 9.30 Å². The summed E-state index contributed by atoms with van der Waals surface area (Å²) in [5.41, 5.74) is 2.38. The molecule has 0 atom stereocenters. The third-order valence-electron chi connectivity index (χ3n) is 3.10. The molecule has 0 aliphatic carbocycles. The third kappa shape index (κ3) is 1.71. The first-order valence-corrected chi connectivity index (χ1v) is 9.68.